The lowest BCUT2D eigenvalue weighted by Gasteiger charge is -2.03. The van der Waals surface area contributed by atoms with Crippen LogP contribution in [0.2, 0.25) is 0 Å². The first-order valence-corrected chi connectivity index (χ1v) is 8.93. The van der Waals surface area contributed by atoms with Crippen LogP contribution in [0, 0.1) is 10.1 Å². The molecule has 2 heterocycles. The van der Waals surface area contributed by atoms with Crippen LogP contribution in [0.5, 0.6) is 0 Å². The van der Waals surface area contributed by atoms with Crippen LogP contribution in [0.4, 0.5) is 5.88 Å². The maximum atomic E-state index is 11.9. The van der Waals surface area contributed by atoms with E-state index in [1.165, 1.54) is 35.2 Å². The van der Waals surface area contributed by atoms with Crippen LogP contribution in [-0.4, -0.2) is 26.8 Å². The number of thioether (sulfide) groups is 1. The number of benzene rings is 1. The molecule has 0 saturated heterocycles. The van der Waals surface area contributed by atoms with Gasteiger partial charge in [0, 0.05) is 6.54 Å². The van der Waals surface area contributed by atoms with Crippen LogP contribution in [0.3, 0.4) is 0 Å². The predicted octanol–water partition coefficient (Wildman–Crippen LogP) is 3.11. The molecular weight excluding hydrogens is 364 g/mol. The van der Waals surface area contributed by atoms with Gasteiger partial charge in [-0.05, 0) is 11.6 Å². The minimum absolute atomic E-state index is 0.112. The molecule has 2 aromatic heterocycles. The van der Waals surface area contributed by atoms with Gasteiger partial charge in [-0.1, -0.05) is 53.4 Å². The third kappa shape index (κ3) is 4.64. The van der Waals surface area contributed by atoms with Crippen LogP contribution >= 0.6 is 23.1 Å². The lowest BCUT2D eigenvalue weighted by atomic mass is 10.2. The van der Waals surface area contributed by atoms with E-state index in [0.29, 0.717) is 15.9 Å². The standard InChI is InChI=1S/C15H12N4O4S2/c20-12(16-8-10-4-2-1-3-5-10)9-24-15-18-17-14(25-15)11-6-7-13(23-11)19(21)22/h1-7H,8-9H2,(H,16,20). The van der Waals surface area contributed by atoms with Gasteiger partial charge in [-0.25, -0.2) is 0 Å². The second-order valence-corrected chi connectivity index (χ2v) is 7.02. The number of hydrogen-bond acceptors (Lipinski definition) is 8. The number of rotatable bonds is 7. The Balaban J connectivity index is 1.51. The van der Waals surface area contributed by atoms with Crippen molar-refractivity contribution in [3.8, 4) is 10.8 Å². The van der Waals surface area contributed by atoms with Gasteiger partial charge >= 0.3 is 5.88 Å². The number of carbonyl (C=O) groups is 1. The molecule has 3 aromatic rings. The summed E-state index contributed by atoms with van der Waals surface area (Å²) in [5.41, 5.74) is 1.03. The van der Waals surface area contributed by atoms with Crippen LogP contribution in [0.25, 0.3) is 10.8 Å². The number of hydrogen-bond donors (Lipinski definition) is 1. The maximum Gasteiger partial charge on any atom is 0.433 e. The highest BCUT2D eigenvalue weighted by molar-refractivity contribution is 8.01. The normalized spacial score (nSPS) is 10.6. The molecule has 0 bridgehead atoms. The van der Waals surface area contributed by atoms with E-state index >= 15 is 0 Å². The molecule has 1 N–H and O–H groups in total. The summed E-state index contributed by atoms with van der Waals surface area (Å²) in [5.74, 6) is 0.0308. The lowest BCUT2D eigenvalue weighted by Crippen LogP contribution is -2.24. The van der Waals surface area contributed by atoms with Gasteiger partial charge in [0.1, 0.15) is 4.92 Å². The fourth-order valence-electron chi connectivity index (χ4n) is 1.88. The molecule has 128 valence electrons. The Morgan fingerprint density at radius 2 is 2.04 bits per heavy atom. The summed E-state index contributed by atoms with van der Waals surface area (Å²) < 4.78 is 5.66. The molecule has 1 amide bonds. The zero-order valence-corrected chi connectivity index (χ0v) is 14.4. The average molecular weight is 376 g/mol. The van der Waals surface area contributed by atoms with E-state index in [4.69, 9.17) is 4.42 Å². The molecule has 1 aromatic carbocycles. The lowest BCUT2D eigenvalue weighted by molar-refractivity contribution is -0.401. The van der Waals surface area contributed by atoms with Gasteiger partial charge in [0.15, 0.2) is 15.1 Å². The number of nitrogens with one attached hydrogen (secondary N) is 1. The fraction of sp³-hybridized carbons (Fsp3) is 0.133. The van der Waals surface area contributed by atoms with Crippen LogP contribution in [-0.2, 0) is 11.3 Å². The molecular formula is C15H12N4O4S2. The maximum absolute atomic E-state index is 11.9. The summed E-state index contributed by atoms with van der Waals surface area (Å²) in [6.45, 7) is 0.470. The Labute approximate surface area is 150 Å². The molecule has 0 fully saturated rings. The second-order valence-electron chi connectivity index (χ2n) is 4.82. The summed E-state index contributed by atoms with van der Waals surface area (Å²) in [7, 11) is 0. The quantitative estimate of drug-likeness (QED) is 0.383. The first-order chi connectivity index (χ1) is 12.1. The number of nitro groups is 1. The molecule has 8 nitrogen and oxygen atoms in total. The monoisotopic (exact) mass is 376 g/mol. The summed E-state index contributed by atoms with van der Waals surface area (Å²) in [6, 6.07) is 12.4. The van der Waals surface area contributed by atoms with E-state index in [1.54, 1.807) is 0 Å². The number of aromatic nitrogens is 2. The SMILES string of the molecule is O=C(CSc1nnc(-c2ccc([N+](=O)[O-])o2)s1)NCc1ccccc1. The summed E-state index contributed by atoms with van der Waals surface area (Å²) >= 11 is 2.46. The molecule has 0 saturated carbocycles. The summed E-state index contributed by atoms with van der Waals surface area (Å²) in [4.78, 5) is 21.9. The highest BCUT2D eigenvalue weighted by Crippen LogP contribution is 2.31. The minimum Gasteiger partial charge on any atom is -0.398 e. The van der Waals surface area contributed by atoms with Gasteiger partial charge < -0.3 is 9.73 Å². The number of carbonyl (C=O) groups excluding carboxylic acids is 1. The van der Waals surface area contributed by atoms with Crippen LogP contribution in [0.1, 0.15) is 5.56 Å². The van der Waals surface area contributed by atoms with Gasteiger partial charge in [0.25, 0.3) is 0 Å². The van der Waals surface area contributed by atoms with Crippen molar-refractivity contribution in [1.29, 1.82) is 0 Å². The van der Waals surface area contributed by atoms with Gasteiger partial charge in [0.05, 0.1) is 11.8 Å². The van der Waals surface area contributed by atoms with Gasteiger partial charge in [-0.15, -0.1) is 10.2 Å². The topological polar surface area (TPSA) is 111 Å². The van der Waals surface area contributed by atoms with Crippen molar-refractivity contribution in [2.24, 2.45) is 0 Å². The zero-order chi connectivity index (χ0) is 17.6. The second kappa shape index (κ2) is 7.90. The Morgan fingerprint density at radius 3 is 2.76 bits per heavy atom. The van der Waals surface area contributed by atoms with Crippen molar-refractivity contribution in [1.82, 2.24) is 15.5 Å². The Bertz CT molecular complexity index is 879. The zero-order valence-electron chi connectivity index (χ0n) is 12.7. The smallest absolute Gasteiger partial charge is 0.398 e. The first-order valence-electron chi connectivity index (χ1n) is 7.13. The molecule has 0 atom stereocenters. The van der Waals surface area contributed by atoms with Crippen molar-refractivity contribution in [3.63, 3.8) is 0 Å². The predicted molar refractivity (Wildman–Crippen MR) is 93.3 cm³/mol. The first kappa shape index (κ1) is 17.1. The Kier molecular flexibility index (Phi) is 5.41. The van der Waals surface area contributed by atoms with Gasteiger partial charge in [-0.3, -0.25) is 14.9 Å². The molecule has 0 aliphatic carbocycles. The van der Waals surface area contributed by atoms with Crippen molar-refractivity contribution in [2.75, 3.05) is 5.75 Å². The van der Waals surface area contributed by atoms with Crippen LogP contribution < -0.4 is 5.32 Å². The molecule has 0 unspecified atom stereocenters. The highest BCUT2D eigenvalue weighted by atomic mass is 32.2. The van der Waals surface area contributed by atoms with E-state index in [2.05, 4.69) is 15.5 Å². The molecule has 25 heavy (non-hydrogen) atoms. The molecule has 0 spiro atoms. The Morgan fingerprint density at radius 1 is 1.24 bits per heavy atom. The third-order valence-corrected chi connectivity index (χ3v) is 5.12. The van der Waals surface area contributed by atoms with Crippen molar-refractivity contribution < 1.29 is 14.1 Å². The molecule has 0 aliphatic heterocycles. The third-order valence-electron chi connectivity index (χ3n) is 3.05. The van der Waals surface area contributed by atoms with Crippen LogP contribution in [0.15, 0.2) is 51.2 Å². The molecule has 3 rings (SSSR count). The van der Waals surface area contributed by atoms with Gasteiger partial charge in [0.2, 0.25) is 5.91 Å². The van der Waals surface area contributed by atoms with Crippen molar-refractivity contribution in [3.05, 3.63) is 58.1 Å². The largest absolute Gasteiger partial charge is 0.433 e. The minimum atomic E-state index is -0.614. The number of nitrogens with zero attached hydrogens (tertiary/aromatic N) is 3. The number of furan rings is 1. The Hall–Kier alpha value is -2.72. The highest BCUT2D eigenvalue weighted by Gasteiger charge is 2.17. The van der Waals surface area contributed by atoms with E-state index in [0.717, 1.165) is 5.56 Å². The average Bonchev–Trinajstić information content (AvgIpc) is 3.28. The van der Waals surface area contributed by atoms with E-state index in [-0.39, 0.29) is 23.3 Å². The fourth-order valence-corrected chi connectivity index (χ4v) is 3.53. The molecule has 10 heteroatoms. The number of amides is 1. The van der Waals surface area contributed by atoms with E-state index in [1.807, 2.05) is 30.3 Å². The molecule has 0 aliphatic rings. The summed E-state index contributed by atoms with van der Waals surface area (Å²) in [6.07, 6.45) is 0. The van der Waals surface area contributed by atoms with E-state index in [9.17, 15) is 14.9 Å². The van der Waals surface area contributed by atoms with Crippen molar-refractivity contribution in [2.45, 2.75) is 10.9 Å². The van der Waals surface area contributed by atoms with Gasteiger partial charge in [-0.2, -0.15) is 0 Å². The van der Waals surface area contributed by atoms with Crippen molar-refractivity contribution >= 4 is 34.9 Å². The summed E-state index contributed by atoms with van der Waals surface area (Å²) in [5, 5.41) is 21.8. The van der Waals surface area contributed by atoms with E-state index < -0.39 is 4.92 Å². The molecule has 0 radical (unpaired) electrons.